The largest absolute Gasteiger partial charge is 0.481 e. The number of para-hydroxylation sites is 1. The highest BCUT2D eigenvalue weighted by molar-refractivity contribution is 7.91. The zero-order valence-electron chi connectivity index (χ0n) is 12.2. The molecule has 1 aromatic carbocycles. The molecule has 1 unspecified atom stereocenters. The third-order valence-corrected chi connectivity index (χ3v) is 5.75. The number of hydrogen-bond acceptors (Lipinski definition) is 4. The van der Waals surface area contributed by atoms with Gasteiger partial charge in [-0.3, -0.25) is 4.79 Å². The molecule has 1 saturated heterocycles. The van der Waals surface area contributed by atoms with E-state index in [-0.39, 0.29) is 12.2 Å². The first-order valence-electron chi connectivity index (χ1n) is 7.22. The van der Waals surface area contributed by atoms with Crippen molar-refractivity contribution < 1.29 is 18.3 Å². The van der Waals surface area contributed by atoms with Crippen LogP contribution in [-0.4, -0.2) is 38.3 Å². The number of hydrogen-bond donors (Lipinski definition) is 1. The summed E-state index contributed by atoms with van der Waals surface area (Å²) in [6.45, 7) is 3.15. The van der Waals surface area contributed by atoms with E-state index in [2.05, 4.69) is 4.90 Å². The third-order valence-electron chi connectivity index (χ3n) is 3.97. The van der Waals surface area contributed by atoms with Gasteiger partial charge in [0.1, 0.15) is 0 Å². The van der Waals surface area contributed by atoms with Crippen molar-refractivity contribution in [3.63, 3.8) is 0 Å². The number of carboxylic acids is 1. The molecular formula is C15H21NO4S. The molecule has 0 bridgehead atoms. The van der Waals surface area contributed by atoms with Gasteiger partial charge < -0.3 is 10.0 Å². The fourth-order valence-electron chi connectivity index (χ4n) is 2.75. The molecule has 116 valence electrons. The second kappa shape index (κ2) is 6.47. The summed E-state index contributed by atoms with van der Waals surface area (Å²) in [4.78, 5) is 13.1. The molecule has 1 atom stereocenters. The van der Waals surface area contributed by atoms with Crippen LogP contribution in [0.2, 0.25) is 0 Å². The van der Waals surface area contributed by atoms with Crippen molar-refractivity contribution in [3.05, 3.63) is 24.3 Å². The SMILES string of the molecule is CCS(=O)(=O)c1ccccc1N1CCC(CCC(=O)O)C1. The summed E-state index contributed by atoms with van der Waals surface area (Å²) >= 11 is 0. The highest BCUT2D eigenvalue weighted by atomic mass is 32.2. The molecule has 2 rings (SSSR count). The molecule has 0 aromatic heterocycles. The van der Waals surface area contributed by atoms with Crippen LogP contribution in [0.15, 0.2) is 29.2 Å². The summed E-state index contributed by atoms with van der Waals surface area (Å²) in [5.41, 5.74) is 0.747. The van der Waals surface area contributed by atoms with Crippen molar-refractivity contribution in [2.75, 3.05) is 23.7 Å². The molecule has 0 amide bonds. The highest BCUT2D eigenvalue weighted by Gasteiger charge is 2.27. The van der Waals surface area contributed by atoms with Crippen LogP contribution in [-0.2, 0) is 14.6 Å². The zero-order chi connectivity index (χ0) is 15.5. The Kier molecular flexibility index (Phi) is 4.88. The molecule has 1 N–H and O–H groups in total. The summed E-state index contributed by atoms with van der Waals surface area (Å²) in [5.74, 6) is -0.374. The Balaban J connectivity index is 2.15. The number of nitrogens with zero attached hydrogens (tertiary/aromatic N) is 1. The molecule has 21 heavy (non-hydrogen) atoms. The van der Waals surface area contributed by atoms with E-state index >= 15 is 0 Å². The molecule has 1 fully saturated rings. The minimum absolute atomic E-state index is 0.0836. The van der Waals surface area contributed by atoms with Crippen LogP contribution in [0.25, 0.3) is 0 Å². The summed E-state index contributed by atoms with van der Waals surface area (Å²) in [5, 5.41) is 8.75. The van der Waals surface area contributed by atoms with Gasteiger partial charge in [-0.2, -0.15) is 0 Å². The van der Waals surface area contributed by atoms with Gasteiger partial charge in [0, 0.05) is 19.5 Å². The summed E-state index contributed by atoms with van der Waals surface area (Å²) < 4.78 is 24.3. The predicted molar refractivity (Wildman–Crippen MR) is 81.4 cm³/mol. The summed E-state index contributed by atoms with van der Waals surface area (Å²) in [6, 6.07) is 7.07. The van der Waals surface area contributed by atoms with Crippen LogP contribution in [0.4, 0.5) is 5.69 Å². The van der Waals surface area contributed by atoms with Gasteiger partial charge >= 0.3 is 5.97 Å². The Labute approximate surface area is 125 Å². The molecule has 1 heterocycles. The fraction of sp³-hybridized carbons (Fsp3) is 0.533. The van der Waals surface area contributed by atoms with Gasteiger partial charge in [0.15, 0.2) is 9.84 Å². The van der Waals surface area contributed by atoms with E-state index in [1.807, 2.05) is 12.1 Å². The minimum atomic E-state index is -3.25. The number of carboxylic acid groups (broad SMARTS) is 1. The van der Waals surface area contributed by atoms with Gasteiger partial charge in [-0.1, -0.05) is 19.1 Å². The van der Waals surface area contributed by atoms with Crippen LogP contribution in [0, 0.1) is 5.92 Å². The maximum absolute atomic E-state index is 12.2. The maximum Gasteiger partial charge on any atom is 0.303 e. The van der Waals surface area contributed by atoms with Crippen molar-refractivity contribution in [1.29, 1.82) is 0 Å². The Morgan fingerprint density at radius 1 is 1.38 bits per heavy atom. The number of benzene rings is 1. The Morgan fingerprint density at radius 3 is 2.76 bits per heavy atom. The standard InChI is InChI=1S/C15H21NO4S/c1-2-21(19,20)14-6-4-3-5-13(14)16-10-9-12(11-16)7-8-15(17)18/h3-6,12H,2,7-11H2,1H3,(H,17,18). The van der Waals surface area contributed by atoms with Crippen molar-refractivity contribution in [3.8, 4) is 0 Å². The first-order valence-corrected chi connectivity index (χ1v) is 8.87. The molecule has 1 aliphatic heterocycles. The summed E-state index contributed by atoms with van der Waals surface area (Å²) in [6.07, 6.45) is 1.73. The molecule has 0 spiro atoms. The minimum Gasteiger partial charge on any atom is -0.481 e. The van der Waals surface area contributed by atoms with Crippen LogP contribution in [0.3, 0.4) is 0 Å². The van der Waals surface area contributed by atoms with Gasteiger partial charge in [0.05, 0.1) is 16.3 Å². The fourth-order valence-corrected chi connectivity index (χ4v) is 3.86. The van der Waals surface area contributed by atoms with Crippen LogP contribution >= 0.6 is 0 Å². The topological polar surface area (TPSA) is 74.7 Å². The van der Waals surface area contributed by atoms with Crippen molar-refractivity contribution >= 4 is 21.5 Å². The molecular weight excluding hydrogens is 290 g/mol. The number of aliphatic carboxylic acids is 1. The van der Waals surface area contributed by atoms with Crippen molar-refractivity contribution in [1.82, 2.24) is 0 Å². The molecule has 1 aliphatic rings. The molecule has 0 radical (unpaired) electrons. The van der Waals surface area contributed by atoms with Gasteiger partial charge in [-0.25, -0.2) is 8.42 Å². The van der Waals surface area contributed by atoms with E-state index in [0.717, 1.165) is 25.2 Å². The lowest BCUT2D eigenvalue weighted by Gasteiger charge is -2.21. The Morgan fingerprint density at radius 2 is 2.10 bits per heavy atom. The molecule has 6 heteroatoms. The van der Waals surface area contributed by atoms with Crippen LogP contribution < -0.4 is 4.90 Å². The predicted octanol–water partition coefficient (Wildman–Crippen LogP) is 2.17. The van der Waals surface area contributed by atoms with E-state index in [1.54, 1.807) is 19.1 Å². The molecule has 0 aliphatic carbocycles. The van der Waals surface area contributed by atoms with E-state index in [9.17, 15) is 13.2 Å². The van der Waals surface area contributed by atoms with E-state index in [1.165, 1.54) is 0 Å². The Bertz CT molecular complexity index is 612. The Hall–Kier alpha value is -1.56. The highest BCUT2D eigenvalue weighted by Crippen LogP contribution is 2.31. The maximum atomic E-state index is 12.2. The second-order valence-electron chi connectivity index (χ2n) is 5.40. The molecule has 5 nitrogen and oxygen atoms in total. The third kappa shape index (κ3) is 3.75. The first kappa shape index (κ1) is 15.8. The lowest BCUT2D eigenvalue weighted by Crippen LogP contribution is -2.22. The van der Waals surface area contributed by atoms with Crippen molar-refractivity contribution in [2.24, 2.45) is 5.92 Å². The lowest BCUT2D eigenvalue weighted by atomic mass is 10.0. The zero-order valence-corrected chi connectivity index (χ0v) is 13.0. The van der Waals surface area contributed by atoms with Gasteiger partial charge in [0.2, 0.25) is 0 Å². The number of sulfone groups is 1. The van der Waals surface area contributed by atoms with E-state index in [0.29, 0.717) is 17.2 Å². The number of rotatable bonds is 6. The number of carbonyl (C=O) groups is 1. The van der Waals surface area contributed by atoms with Crippen LogP contribution in [0.5, 0.6) is 0 Å². The average molecular weight is 311 g/mol. The van der Waals surface area contributed by atoms with Gasteiger partial charge in [0.25, 0.3) is 0 Å². The molecule has 1 aromatic rings. The second-order valence-corrected chi connectivity index (χ2v) is 7.65. The number of anilines is 1. The average Bonchev–Trinajstić information content (AvgIpc) is 2.94. The van der Waals surface area contributed by atoms with Crippen molar-refractivity contribution in [2.45, 2.75) is 31.1 Å². The lowest BCUT2D eigenvalue weighted by molar-refractivity contribution is -0.137. The van der Waals surface area contributed by atoms with Crippen LogP contribution in [0.1, 0.15) is 26.2 Å². The van der Waals surface area contributed by atoms with Gasteiger partial charge in [-0.05, 0) is 30.9 Å². The normalized spacial score (nSPS) is 18.9. The van der Waals surface area contributed by atoms with E-state index < -0.39 is 15.8 Å². The monoisotopic (exact) mass is 311 g/mol. The first-order chi connectivity index (χ1) is 9.94. The quantitative estimate of drug-likeness (QED) is 0.871. The van der Waals surface area contributed by atoms with E-state index in [4.69, 9.17) is 5.11 Å². The molecule has 0 saturated carbocycles. The summed E-state index contributed by atoms with van der Waals surface area (Å²) in [7, 11) is -3.25. The van der Waals surface area contributed by atoms with Gasteiger partial charge in [-0.15, -0.1) is 0 Å². The smallest absolute Gasteiger partial charge is 0.303 e.